The molecule has 0 bridgehead atoms. The largest absolute Gasteiger partial charge is 0.489 e. The summed E-state index contributed by atoms with van der Waals surface area (Å²) in [7, 11) is 0. The van der Waals surface area contributed by atoms with Crippen molar-refractivity contribution in [2.24, 2.45) is 5.92 Å². The number of hydrogen-bond acceptors (Lipinski definition) is 3. The molecule has 1 aromatic carbocycles. The third-order valence-corrected chi connectivity index (χ3v) is 4.16. The molecule has 0 aliphatic heterocycles. The van der Waals surface area contributed by atoms with E-state index in [-0.39, 0.29) is 18.7 Å². The zero-order valence-electron chi connectivity index (χ0n) is 12.9. The molecule has 1 saturated carbocycles. The summed E-state index contributed by atoms with van der Waals surface area (Å²) < 4.78 is 5.69. The topological polar surface area (TPSA) is 70.6 Å². The summed E-state index contributed by atoms with van der Waals surface area (Å²) in [5.41, 5.74) is -0.537. The number of amides is 2. The van der Waals surface area contributed by atoms with E-state index in [4.69, 9.17) is 16.3 Å². The fraction of sp³-hybridized carbons (Fsp3) is 0.562. The first-order chi connectivity index (χ1) is 10.4. The zero-order valence-corrected chi connectivity index (χ0v) is 13.7. The molecular formula is C16H23ClN2O3. The van der Waals surface area contributed by atoms with Crippen molar-refractivity contribution in [1.29, 1.82) is 0 Å². The number of nitrogens with one attached hydrogen (secondary N) is 2. The van der Waals surface area contributed by atoms with Crippen molar-refractivity contribution in [2.45, 2.75) is 38.3 Å². The van der Waals surface area contributed by atoms with Gasteiger partial charge in [0.1, 0.15) is 11.9 Å². The van der Waals surface area contributed by atoms with E-state index in [1.165, 1.54) is 0 Å². The van der Waals surface area contributed by atoms with E-state index >= 15 is 0 Å². The SMILES string of the molecule is CC(CNC(=O)NC(C)(CO)C1CC1)Oc1ccc(Cl)cc1. The number of hydrogen-bond donors (Lipinski definition) is 3. The van der Waals surface area contributed by atoms with Crippen LogP contribution in [0.3, 0.4) is 0 Å². The van der Waals surface area contributed by atoms with Crippen LogP contribution < -0.4 is 15.4 Å². The Balaban J connectivity index is 1.74. The molecule has 2 atom stereocenters. The van der Waals surface area contributed by atoms with Crippen molar-refractivity contribution >= 4 is 17.6 Å². The number of benzene rings is 1. The number of urea groups is 1. The molecule has 0 spiro atoms. The Hall–Kier alpha value is -1.46. The second-order valence-corrected chi connectivity index (χ2v) is 6.50. The fourth-order valence-electron chi connectivity index (χ4n) is 2.32. The highest BCUT2D eigenvalue weighted by atomic mass is 35.5. The zero-order chi connectivity index (χ0) is 16.2. The first-order valence-electron chi connectivity index (χ1n) is 7.52. The maximum atomic E-state index is 11.9. The summed E-state index contributed by atoms with van der Waals surface area (Å²) in [6.45, 7) is 4.07. The van der Waals surface area contributed by atoms with Gasteiger partial charge in [0, 0.05) is 5.02 Å². The molecule has 6 heteroatoms. The van der Waals surface area contributed by atoms with E-state index in [1.807, 2.05) is 13.8 Å². The molecule has 122 valence electrons. The van der Waals surface area contributed by atoms with Gasteiger partial charge in [0.2, 0.25) is 0 Å². The Morgan fingerprint density at radius 3 is 2.64 bits per heavy atom. The van der Waals surface area contributed by atoms with Crippen LogP contribution in [0.1, 0.15) is 26.7 Å². The highest BCUT2D eigenvalue weighted by Crippen LogP contribution is 2.39. The average molecular weight is 327 g/mol. The minimum Gasteiger partial charge on any atom is -0.489 e. The molecule has 5 nitrogen and oxygen atoms in total. The molecule has 1 aromatic rings. The molecule has 22 heavy (non-hydrogen) atoms. The molecule has 0 radical (unpaired) electrons. The van der Waals surface area contributed by atoms with Crippen LogP contribution in [0.5, 0.6) is 5.75 Å². The summed E-state index contributed by atoms with van der Waals surface area (Å²) in [5, 5.41) is 15.7. The molecule has 2 unspecified atom stereocenters. The van der Waals surface area contributed by atoms with Crippen molar-refractivity contribution in [3.8, 4) is 5.75 Å². The maximum Gasteiger partial charge on any atom is 0.315 e. The standard InChI is InChI=1S/C16H23ClN2O3/c1-11(22-14-7-5-13(17)6-8-14)9-18-15(21)19-16(2,10-20)12-3-4-12/h5-8,11-12,20H,3-4,9-10H2,1-2H3,(H2,18,19,21). The predicted octanol–water partition coefficient (Wildman–Crippen LogP) is 2.57. The second kappa shape index (κ2) is 7.20. The fourth-order valence-corrected chi connectivity index (χ4v) is 2.44. The van der Waals surface area contributed by atoms with Crippen LogP contribution in [0.25, 0.3) is 0 Å². The lowest BCUT2D eigenvalue weighted by atomic mass is 9.97. The number of aliphatic hydroxyl groups excluding tert-OH is 1. The molecule has 0 heterocycles. The Bertz CT molecular complexity index is 505. The Labute approximate surface area is 136 Å². The molecule has 0 saturated heterocycles. The first-order valence-corrected chi connectivity index (χ1v) is 7.90. The number of carbonyl (C=O) groups is 1. The third kappa shape index (κ3) is 4.78. The normalized spacial score (nSPS) is 18.2. The van der Waals surface area contributed by atoms with E-state index in [0.717, 1.165) is 12.8 Å². The van der Waals surface area contributed by atoms with Gasteiger partial charge in [0.25, 0.3) is 0 Å². The quantitative estimate of drug-likeness (QED) is 0.721. The first kappa shape index (κ1) is 16.9. The molecule has 1 aliphatic rings. The van der Waals surface area contributed by atoms with Crippen molar-refractivity contribution in [3.05, 3.63) is 29.3 Å². The van der Waals surface area contributed by atoms with Crippen LogP contribution in [-0.2, 0) is 0 Å². The number of ether oxygens (including phenoxy) is 1. The number of aliphatic hydroxyl groups is 1. The van der Waals surface area contributed by atoms with E-state index < -0.39 is 5.54 Å². The Kier molecular flexibility index (Phi) is 5.53. The van der Waals surface area contributed by atoms with Gasteiger partial charge in [0.15, 0.2) is 0 Å². The minimum atomic E-state index is -0.537. The molecule has 2 amide bonds. The number of rotatable bonds is 7. The van der Waals surface area contributed by atoms with E-state index in [1.54, 1.807) is 24.3 Å². The highest BCUT2D eigenvalue weighted by Gasteiger charge is 2.42. The van der Waals surface area contributed by atoms with Crippen molar-refractivity contribution in [3.63, 3.8) is 0 Å². The third-order valence-electron chi connectivity index (χ3n) is 3.91. The summed E-state index contributed by atoms with van der Waals surface area (Å²) in [4.78, 5) is 11.9. The van der Waals surface area contributed by atoms with Gasteiger partial charge in [-0.05, 0) is 56.9 Å². The summed E-state index contributed by atoms with van der Waals surface area (Å²) in [6, 6.07) is 6.80. The van der Waals surface area contributed by atoms with Crippen LogP contribution in [0.15, 0.2) is 24.3 Å². The monoisotopic (exact) mass is 326 g/mol. The highest BCUT2D eigenvalue weighted by molar-refractivity contribution is 6.30. The van der Waals surface area contributed by atoms with E-state index in [0.29, 0.717) is 23.2 Å². The van der Waals surface area contributed by atoms with Gasteiger partial charge in [-0.25, -0.2) is 4.79 Å². The van der Waals surface area contributed by atoms with Gasteiger partial charge < -0.3 is 20.5 Å². The molecule has 0 aromatic heterocycles. The van der Waals surface area contributed by atoms with E-state index in [2.05, 4.69) is 10.6 Å². The van der Waals surface area contributed by atoms with Gasteiger partial charge in [-0.3, -0.25) is 0 Å². The van der Waals surface area contributed by atoms with Crippen LogP contribution in [-0.4, -0.2) is 35.9 Å². The minimum absolute atomic E-state index is 0.0537. The van der Waals surface area contributed by atoms with Crippen molar-refractivity contribution in [1.82, 2.24) is 10.6 Å². The average Bonchev–Trinajstić information content (AvgIpc) is 3.32. The van der Waals surface area contributed by atoms with E-state index in [9.17, 15) is 9.90 Å². The van der Waals surface area contributed by atoms with Crippen molar-refractivity contribution < 1.29 is 14.6 Å². The smallest absolute Gasteiger partial charge is 0.315 e. The summed E-state index contributed by atoms with van der Waals surface area (Å²) in [5.74, 6) is 1.07. The van der Waals surface area contributed by atoms with Crippen LogP contribution >= 0.6 is 11.6 Å². The number of carbonyl (C=O) groups excluding carboxylic acids is 1. The lowest BCUT2D eigenvalue weighted by Crippen LogP contribution is -2.55. The summed E-state index contributed by atoms with van der Waals surface area (Å²) >= 11 is 5.82. The Morgan fingerprint density at radius 1 is 1.45 bits per heavy atom. The van der Waals surface area contributed by atoms with Crippen molar-refractivity contribution in [2.75, 3.05) is 13.2 Å². The maximum absolute atomic E-state index is 11.9. The predicted molar refractivity (Wildman–Crippen MR) is 86.3 cm³/mol. The van der Waals surface area contributed by atoms with Crippen LogP contribution in [0.4, 0.5) is 4.79 Å². The lowest BCUT2D eigenvalue weighted by molar-refractivity contribution is 0.152. The lowest BCUT2D eigenvalue weighted by Gasteiger charge is -2.29. The van der Waals surface area contributed by atoms with Crippen LogP contribution in [0.2, 0.25) is 5.02 Å². The molecule has 1 fully saturated rings. The molecule has 2 rings (SSSR count). The molecular weight excluding hydrogens is 304 g/mol. The summed E-state index contributed by atoms with van der Waals surface area (Å²) in [6.07, 6.45) is 1.93. The van der Waals surface area contributed by atoms with Gasteiger partial charge in [-0.1, -0.05) is 11.6 Å². The second-order valence-electron chi connectivity index (χ2n) is 6.07. The number of halogens is 1. The van der Waals surface area contributed by atoms with Gasteiger partial charge in [-0.15, -0.1) is 0 Å². The van der Waals surface area contributed by atoms with Gasteiger partial charge in [0.05, 0.1) is 18.7 Å². The van der Waals surface area contributed by atoms with Gasteiger partial charge >= 0.3 is 6.03 Å². The molecule has 1 aliphatic carbocycles. The Morgan fingerprint density at radius 2 is 2.09 bits per heavy atom. The van der Waals surface area contributed by atoms with Crippen LogP contribution in [0, 0.1) is 5.92 Å². The molecule has 3 N–H and O–H groups in total. The van der Waals surface area contributed by atoms with Gasteiger partial charge in [-0.2, -0.15) is 0 Å².